The Kier molecular flexibility index (Phi) is 5.05. The molecule has 1 aliphatic heterocycles. The zero-order valence-electron chi connectivity index (χ0n) is 10.1. The van der Waals surface area contributed by atoms with Gasteiger partial charge in [-0.05, 0) is 33.5 Å². The molecule has 15 heavy (non-hydrogen) atoms. The van der Waals surface area contributed by atoms with Crippen LogP contribution in [0.5, 0.6) is 0 Å². The van der Waals surface area contributed by atoms with Crippen LogP contribution in [0.3, 0.4) is 0 Å². The van der Waals surface area contributed by atoms with Gasteiger partial charge in [0.15, 0.2) is 0 Å². The lowest BCUT2D eigenvalue weighted by atomic mass is 10.0. The quantitative estimate of drug-likeness (QED) is 0.722. The number of likely N-dealkylation sites (tertiary alicyclic amines) is 1. The molecular formula is C11H23N3O. The minimum absolute atomic E-state index is 0.254. The van der Waals surface area contributed by atoms with E-state index in [2.05, 4.69) is 17.3 Å². The molecule has 0 aromatic rings. The first-order valence-corrected chi connectivity index (χ1v) is 5.74. The highest BCUT2D eigenvalue weighted by Gasteiger charge is 2.23. The molecule has 4 heteroatoms. The van der Waals surface area contributed by atoms with E-state index >= 15 is 0 Å². The second-order valence-corrected chi connectivity index (χ2v) is 4.42. The van der Waals surface area contributed by atoms with Gasteiger partial charge in [-0.1, -0.05) is 0 Å². The normalized spacial score (nSPS) is 22.7. The summed E-state index contributed by atoms with van der Waals surface area (Å²) in [6.07, 6.45) is 2.95. The van der Waals surface area contributed by atoms with Crippen molar-refractivity contribution in [3.05, 3.63) is 0 Å². The fraction of sp³-hybridized carbons (Fsp3) is 0.909. The number of carbonyl (C=O) groups excluding carboxylic acids is 1. The van der Waals surface area contributed by atoms with Crippen LogP contribution in [0.2, 0.25) is 0 Å². The Morgan fingerprint density at radius 3 is 2.93 bits per heavy atom. The fourth-order valence-corrected chi connectivity index (χ4v) is 2.07. The maximum Gasteiger partial charge on any atom is 0.223 e. The average Bonchev–Trinajstić information content (AvgIpc) is 2.24. The van der Waals surface area contributed by atoms with Gasteiger partial charge in [0.1, 0.15) is 0 Å². The Bertz CT molecular complexity index is 208. The number of likely N-dealkylation sites (N-methyl/N-ethyl adjacent to an activating group) is 2. The molecule has 1 N–H and O–H groups in total. The number of hydrogen-bond donors (Lipinski definition) is 1. The van der Waals surface area contributed by atoms with E-state index in [4.69, 9.17) is 0 Å². The smallest absolute Gasteiger partial charge is 0.223 e. The van der Waals surface area contributed by atoms with Gasteiger partial charge in [-0.2, -0.15) is 0 Å². The Morgan fingerprint density at radius 2 is 2.33 bits per heavy atom. The number of carbonyl (C=O) groups is 1. The van der Waals surface area contributed by atoms with Crippen molar-refractivity contribution in [2.24, 2.45) is 0 Å². The number of rotatable bonds is 4. The molecule has 1 amide bonds. The first-order chi connectivity index (χ1) is 7.15. The zero-order chi connectivity index (χ0) is 11.3. The van der Waals surface area contributed by atoms with E-state index in [1.165, 1.54) is 6.42 Å². The van der Waals surface area contributed by atoms with Crippen LogP contribution in [0.1, 0.15) is 19.3 Å². The van der Waals surface area contributed by atoms with Gasteiger partial charge in [0.05, 0.1) is 0 Å². The molecule has 1 atom stereocenters. The number of amides is 1. The van der Waals surface area contributed by atoms with Gasteiger partial charge in [0.2, 0.25) is 5.91 Å². The highest BCUT2D eigenvalue weighted by molar-refractivity contribution is 5.76. The predicted octanol–water partition coefficient (Wildman–Crippen LogP) is 0.149. The lowest BCUT2D eigenvalue weighted by Gasteiger charge is -2.35. The minimum Gasteiger partial charge on any atom is -0.341 e. The lowest BCUT2D eigenvalue weighted by Crippen LogP contribution is -2.47. The fourth-order valence-electron chi connectivity index (χ4n) is 2.07. The maximum atomic E-state index is 11.8. The van der Waals surface area contributed by atoms with Crippen molar-refractivity contribution < 1.29 is 4.79 Å². The first kappa shape index (κ1) is 12.5. The van der Waals surface area contributed by atoms with Crippen molar-refractivity contribution in [3.8, 4) is 0 Å². The van der Waals surface area contributed by atoms with Crippen LogP contribution >= 0.6 is 0 Å². The Hall–Kier alpha value is -0.610. The van der Waals surface area contributed by atoms with Crippen molar-refractivity contribution in [1.29, 1.82) is 0 Å². The van der Waals surface area contributed by atoms with E-state index in [1.54, 1.807) is 0 Å². The van der Waals surface area contributed by atoms with Crippen molar-refractivity contribution in [1.82, 2.24) is 15.1 Å². The number of hydrogen-bond acceptors (Lipinski definition) is 3. The summed E-state index contributed by atoms with van der Waals surface area (Å²) in [6.45, 7) is 2.95. The van der Waals surface area contributed by atoms with Gasteiger partial charge >= 0.3 is 0 Å². The summed E-state index contributed by atoms with van der Waals surface area (Å²) >= 11 is 0. The molecule has 1 fully saturated rings. The highest BCUT2D eigenvalue weighted by atomic mass is 16.2. The molecule has 1 aliphatic rings. The minimum atomic E-state index is 0.254. The van der Waals surface area contributed by atoms with E-state index in [-0.39, 0.29) is 5.91 Å². The van der Waals surface area contributed by atoms with E-state index < -0.39 is 0 Å². The molecule has 0 saturated carbocycles. The first-order valence-electron chi connectivity index (χ1n) is 5.74. The third-order valence-corrected chi connectivity index (χ3v) is 3.13. The summed E-state index contributed by atoms with van der Waals surface area (Å²) in [5.41, 5.74) is 0. The number of nitrogens with zero attached hydrogens (tertiary/aromatic N) is 2. The average molecular weight is 213 g/mol. The lowest BCUT2D eigenvalue weighted by molar-refractivity contribution is -0.132. The van der Waals surface area contributed by atoms with Gasteiger partial charge in [-0.3, -0.25) is 4.79 Å². The number of nitrogens with one attached hydrogen (secondary N) is 1. The molecule has 88 valence electrons. The van der Waals surface area contributed by atoms with Crippen LogP contribution in [0.15, 0.2) is 0 Å². The van der Waals surface area contributed by atoms with Gasteiger partial charge in [0.25, 0.3) is 0 Å². The van der Waals surface area contributed by atoms with Crippen LogP contribution in [-0.2, 0) is 4.79 Å². The van der Waals surface area contributed by atoms with E-state index in [9.17, 15) is 4.79 Å². The standard InChI is InChI=1S/C11H23N3O/c1-12-7-6-11(15)14(3)10-5-4-8-13(2)9-10/h10,12H,4-9H2,1-3H3. The van der Waals surface area contributed by atoms with Crippen molar-refractivity contribution in [2.45, 2.75) is 25.3 Å². The van der Waals surface area contributed by atoms with Gasteiger partial charge in [-0.15, -0.1) is 0 Å². The third kappa shape index (κ3) is 3.80. The molecule has 1 heterocycles. The van der Waals surface area contributed by atoms with E-state index in [1.807, 2.05) is 19.0 Å². The summed E-state index contributed by atoms with van der Waals surface area (Å²) in [5, 5.41) is 3.01. The van der Waals surface area contributed by atoms with E-state index in [0.717, 1.165) is 26.1 Å². The second kappa shape index (κ2) is 6.08. The topological polar surface area (TPSA) is 35.6 Å². The summed E-state index contributed by atoms with van der Waals surface area (Å²) < 4.78 is 0. The largest absolute Gasteiger partial charge is 0.341 e. The molecule has 1 unspecified atom stereocenters. The third-order valence-electron chi connectivity index (χ3n) is 3.13. The van der Waals surface area contributed by atoms with Crippen LogP contribution in [0, 0.1) is 0 Å². The molecule has 0 aromatic heterocycles. The molecule has 0 bridgehead atoms. The number of piperidine rings is 1. The zero-order valence-corrected chi connectivity index (χ0v) is 10.1. The van der Waals surface area contributed by atoms with Gasteiger partial charge < -0.3 is 15.1 Å². The summed E-state index contributed by atoms with van der Waals surface area (Å²) in [4.78, 5) is 16.0. The Balaban J connectivity index is 2.37. The Morgan fingerprint density at radius 1 is 1.60 bits per heavy atom. The molecule has 0 aromatic carbocycles. The van der Waals surface area contributed by atoms with Crippen LogP contribution in [0.4, 0.5) is 0 Å². The van der Waals surface area contributed by atoms with Crippen molar-refractivity contribution in [2.75, 3.05) is 40.8 Å². The summed E-state index contributed by atoms with van der Waals surface area (Å²) in [5.74, 6) is 0.254. The second-order valence-electron chi connectivity index (χ2n) is 4.42. The van der Waals surface area contributed by atoms with Crippen LogP contribution in [0.25, 0.3) is 0 Å². The molecule has 0 spiro atoms. The summed E-state index contributed by atoms with van der Waals surface area (Å²) in [6, 6.07) is 0.410. The molecule has 1 rings (SSSR count). The van der Waals surface area contributed by atoms with E-state index in [0.29, 0.717) is 12.5 Å². The molecule has 1 saturated heterocycles. The maximum absolute atomic E-state index is 11.8. The van der Waals surface area contributed by atoms with Crippen molar-refractivity contribution >= 4 is 5.91 Å². The van der Waals surface area contributed by atoms with Crippen molar-refractivity contribution in [3.63, 3.8) is 0 Å². The Labute approximate surface area is 92.6 Å². The molecule has 0 radical (unpaired) electrons. The predicted molar refractivity (Wildman–Crippen MR) is 61.8 cm³/mol. The molecule has 4 nitrogen and oxygen atoms in total. The molecule has 0 aliphatic carbocycles. The summed E-state index contributed by atoms with van der Waals surface area (Å²) in [7, 11) is 5.93. The van der Waals surface area contributed by atoms with Crippen LogP contribution in [-0.4, -0.2) is 62.5 Å². The SMILES string of the molecule is CNCCC(=O)N(C)C1CCCN(C)C1. The van der Waals surface area contributed by atoms with Crippen LogP contribution < -0.4 is 5.32 Å². The van der Waals surface area contributed by atoms with Gasteiger partial charge in [0, 0.05) is 32.6 Å². The highest BCUT2D eigenvalue weighted by Crippen LogP contribution is 2.13. The molecular weight excluding hydrogens is 190 g/mol. The monoisotopic (exact) mass is 213 g/mol. The van der Waals surface area contributed by atoms with Gasteiger partial charge in [-0.25, -0.2) is 0 Å².